The summed E-state index contributed by atoms with van der Waals surface area (Å²) >= 11 is 9.41. The molecule has 0 fully saturated rings. The van der Waals surface area contributed by atoms with Crippen LogP contribution in [0.5, 0.6) is 0 Å². The number of hydrogen-bond donors (Lipinski definition) is 1. The molecule has 86 valence electrons. The summed E-state index contributed by atoms with van der Waals surface area (Å²) in [6, 6.07) is 3.62. The summed E-state index contributed by atoms with van der Waals surface area (Å²) in [5.74, 6) is 5.92. The quantitative estimate of drug-likeness (QED) is 0.575. The minimum Gasteiger partial charge on any atom is -0.178 e. The van der Waals surface area contributed by atoms with Crippen molar-refractivity contribution in [3.05, 3.63) is 34.3 Å². The van der Waals surface area contributed by atoms with Crippen LogP contribution >= 0.6 is 24.2 Å². The maximum atomic E-state index is 12.5. The van der Waals surface area contributed by atoms with Gasteiger partial charge in [-0.2, -0.15) is 25.8 Å². The van der Waals surface area contributed by atoms with Gasteiger partial charge in [0.05, 0.1) is 10.6 Å². The molecule has 1 aromatic rings. The van der Waals surface area contributed by atoms with Crippen LogP contribution in [0.1, 0.15) is 17.5 Å². The maximum Gasteiger partial charge on any atom is 0.417 e. The minimum absolute atomic E-state index is 0.304. The SMILES string of the molecule is FC(F)(F)c1cc(C#CCCS)ccc1Cl. The molecule has 16 heavy (non-hydrogen) atoms. The van der Waals surface area contributed by atoms with Crippen LogP contribution in [-0.2, 0) is 6.18 Å². The summed E-state index contributed by atoms with van der Waals surface area (Å²) in [7, 11) is 0. The van der Waals surface area contributed by atoms with Gasteiger partial charge in [-0.25, -0.2) is 0 Å². The molecule has 5 heteroatoms. The lowest BCUT2D eigenvalue weighted by Crippen LogP contribution is -2.06. The Kier molecular flexibility index (Phi) is 4.57. The third kappa shape index (κ3) is 3.66. The zero-order valence-electron chi connectivity index (χ0n) is 8.11. The third-order valence-corrected chi connectivity index (χ3v) is 2.29. The van der Waals surface area contributed by atoms with E-state index < -0.39 is 11.7 Å². The van der Waals surface area contributed by atoms with Crippen LogP contribution in [0.3, 0.4) is 0 Å². The molecule has 1 aromatic carbocycles. The van der Waals surface area contributed by atoms with Gasteiger partial charge in [0, 0.05) is 17.7 Å². The largest absolute Gasteiger partial charge is 0.417 e. The van der Waals surface area contributed by atoms with Gasteiger partial charge in [0.25, 0.3) is 0 Å². The summed E-state index contributed by atoms with van der Waals surface area (Å²) in [5, 5.41) is -0.313. The van der Waals surface area contributed by atoms with E-state index in [1.54, 1.807) is 0 Å². The van der Waals surface area contributed by atoms with Crippen LogP contribution in [0, 0.1) is 11.8 Å². The van der Waals surface area contributed by atoms with Gasteiger partial charge in [0.1, 0.15) is 0 Å². The molecule has 0 saturated carbocycles. The predicted molar refractivity (Wildman–Crippen MR) is 61.8 cm³/mol. The molecular formula is C11H8ClF3S. The fraction of sp³-hybridized carbons (Fsp3) is 0.273. The Hall–Kier alpha value is -0.790. The van der Waals surface area contributed by atoms with Crippen LogP contribution in [0.4, 0.5) is 13.2 Å². The number of rotatable bonds is 1. The summed E-state index contributed by atoms with van der Waals surface area (Å²) < 4.78 is 37.4. The lowest BCUT2D eigenvalue weighted by Gasteiger charge is -2.08. The molecule has 0 heterocycles. The van der Waals surface area contributed by atoms with E-state index in [2.05, 4.69) is 24.5 Å². The highest BCUT2D eigenvalue weighted by Crippen LogP contribution is 2.34. The van der Waals surface area contributed by atoms with E-state index in [0.717, 1.165) is 6.07 Å². The van der Waals surface area contributed by atoms with E-state index in [1.165, 1.54) is 12.1 Å². The zero-order chi connectivity index (χ0) is 12.2. The van der Waals surface area contributed by atoms with Crippen molar-refractivity contribution >= 4 is 24.2 Å². The molecule has 0 atom stereocenters. The average molecular weight is 265 g/mol. The highest BCUT2D eigenvalue weighted by Gasteiger charge is 2.33. The van der Waals surface area contributed by atoms with Crippen molar-refractivity contribution in [1.29, 1.82) is 0 Å². The van der Waals surface area contributed by atoms with Crippen molar-refractivity contribution in [3.63, 3.8) is 0 Å². The van der Waals surface area contributed by atoms with Crippen molar-refractivity contribution in [2.24, 2.45) is 0 Å². The first-order chi connectivity index (χ1) is 7.45. The first-order valence-corrected chi connectivity index (χ1v) is 5.42. The van der Waals surface area contributed by atoms with Crippen LogP contribution in [0.25, 0.3) is 0 Å². The molecule has 0 bridgehead atoms. The Morgan fingerprint density at radius 2 is 2.00 bits per heavy atom. The lowest BCUT2D eigenvalue weighted by atomic mass is 10.1. The molecule has 0 radical (unpaired) electrons. The zero-order valence-corrected chi connectivity index (χ0v) is 9.76. The number of halogens is 4. The van der Waals surface area contributed by atoms with Crippen LogP contribution in [0.2, 0.25) is 5.02 Å². The van der Waals surface area contributed by atoms with Crippen molar-refractivity contribution in [3.8, 4) is 11.8 Å². The van der Waals surface area contributed by atoms with E-state index >= 15 is 0 Å². The second-order valence-corrected chi connectivity index (χ2v) is 3.82. The van der Waals surface area contributed by atoms with E-state index in [1.807, 2.05) is 0 Å². The number of benzene rings is 1. The van der Waals surface area contributed by atoms with Gasteiger partial charge in [0.15, 0.2) is 0 Å². The van der Waals surface area contributed by atoms with Crippen LogP contribution in [-0.4, -0.2) is 5.75 Å². The minimum atomic E-state index is -4.45. The molecule has 0 aromatic heterocycles. The molecule has 0 amide bonds. The molecular weight excluding hydrogens is 257 g/mol. The Labute approximate surface area is 102 Å². The standard InChI is InChI=1S/C11H8ClF3S/c12-10-5-4-8(3-1-2-6-16)7-9(10)11(13,14)15/h4-5,7,16H,2,6H2. The summed E-state index contributed by atoms with van der Waals surface area (Å²) in [4.78, 5) is 0. The normalized spacial score (nSPS) is 10.8. The van der Waals surface area contributed by atoms with Gasteiger partial charge in [-0.3, -0.25) is 0 Å². The van der Waals surface area contributed by atoms with Crippen molar-refractivity contribution in [1.82, 2.24) is 0 Å². The number of thiol groups is 1. The van der Waals surface area contributed by atoms with Gasteiger partial charge in [0.2, 0.25) is 0 Å². The first kappa shape index (κ1) is 13.3. The molecule has 0 aliphatic heterocycles. The Bertz CT molecular complexity index is 429. The van der Waals surface area contributed by atoms with Gasteiger partial charge in [-0.05, 0) is 18.2 Å². The molecule has 0 unspecified atom stereocenters. The molecule has 0 nitrogen and oxygen atoms in total. The first-order valence-electron chi connectivity index (χ1n) is 4.41. The highest BCUT2D eigenvalue weighted by atomic mass is 35.5. The molecule has 0 aliphatic rings. The molecule has 1 rings (SSSR count). The Morgan fingerprint density at radius 1 is 1.31 bits per heavy atom. The molecule has 0 N–H and O–H groups in total. The van der Waals surface area contributed by atoms with E-state index in [9.17, 15) is 13.2 Å². The third-order valence-electron chi connectivity index (χ3n) is 1.74. The van der Waals surface area contributed by atoms with Gasteiger partial charge < -0.3 is 0 Å². The van der Waals surface area contributed by atoms with Crippen molar-refractivity contribution < 1.29 is 13.2 Å². The van der Waals surface area contributed by atoms with Crippen LogP contribution in [0.15, 0.2) is 18.2 Å². The molecule has 0 aliphatic carbocycles. The van der Waals surface area contributed by atoms with E-state index in [-0.39, 0.29) is 5.02 Å². The fourth-order valence-corrected chi connectivity index (χ4v) is 1.38. The average Bonchev–Trinajstić information content (AvgIpc) is 2.19. The molecule has 0 saturated heterocycles. The monoisotopic (exact) mass is 264 g/mol. The topological polar surface area (TPSA) is 0 Å². The Morgan fingerprint density at radius 3 is 2.56 bits per heavy atom. The summed E-state index contributed by atoms with van der Waals surface area (Å²) in [5.41, 5.74) is -0.551. The highest BCUT2D eigenvalue weighted by molar-refractivity contribution is 7.80. The van der Waals surface area contributed by atoms with E-state index in [0.29, 0.717) is 17.7 Å². The summed E-state index contributed by atoms with van der Waals surface area (Å²) in [6.07, 6.45) is -3.91. The van der Waals surface area contributed by atoms with E-state index in [4.69, 9.17) is 11.6 Å². The molecule has 0 spiro atoms. The fourth-order valence-electron chi connectivity index (χ4n) is 1.04. The number of hydrogen-bond acceptors (Lipinski definition) is 1. The lowest BCUT2D eigenvalue weighted by molar-refractivity contribution is -0.137. The summed E-state index contributed by atoms with van der Waals surface area (Å²) in [6.45, 7) is 0. The van der Waals surface area contributed by atoms with Gasteiger partial charge >= 0.3 is 6.18 Å². The van der Waals surface area contributed by atoms with Crippen molar-refractivity contribution in [2.75, 3.05) is 5.75 Å². The Balaban J connectivity index is 3.05. The maximum absolute atomic E-state index is 12.5. The van der Waals surface area contributed by atoms with Crippen LogP contribution < -0.4 is 0 Å². The smallest absolute Gasteiger partial charge is 0.178 e. The number of alkyl halides is 3. The second kappa shape index (κ2) is 5.51. The van der Waals surface area contributed by atoms with Gasteiger partial charge in [-0.15, -0.1) is 0 Å². The predicted octanol–water partition coefficient (Wildman–Crippen LogP) is 4.03. The van der Waals surface area contributed by atoms with Gasteiger partial charge in [-0.1, -0.05) is 23.4 Å². The van der Waals surface area contributed by atoms with Crippen molar-refractivity contribution in [2.45, 2.75) is 12.6 Å². The second-order valence-electron chi connectivity index (χ2n) is 2.97.